The molecule has 0 saturated heterocycles. The average molecular weight is 395 g/mol. The van der Waals surface area contributed by atoms with Gasteiger partial charge in [0, 0.05) is 54.0 Å². The van der Waals surface area contributed by atoms with Crippen molar-refractivity contribution in [1.29, 1.82) is 0 Å². The summed E-state index contributed by atoms with van der Waals surface area (Å²) < 4.78 is 5.04. The highest BCUT2D eigenvalue weighted by molar-refractivity contribution is 5.86. The Bertz CT molecular complexity index is 1230. The largest absolute Gasteiger partial charge is 0.209 e. The molecule has 0 atom stereocenters. The molecule has 150 valence electrons. The van der Waals surface area contributed by atoms with E-state index in [4.69, 9.17) is 0 Å². The van der Waals surface area contributed by atoms with E-state index < -0.39 is 0 Å². The summed E-state index contributed by atoms with van der Waals surface area (Å²) in [5.74, 6) is 0. The third-order valence-electron chi connectivity index (χ3n) is 7.39. The van der Waals surface area contributed by atoms with Gasteiger partial charge < -0.3 is 0 Å². The third kappa shape index (κ3) is 3.01. The van der Waals surface area contributed by atoms with Crippen molar-refractivity contribution in [2.24, 2.45) is 0 Å². The molecule has 4 heterocycles. The Morgan fingerprint density at radius 1 is 0.700 bits per heavy atom. The maximum atomic E-state index is 2.54. The van der Waals surface area contributed by atoms with E-state index in [0.717, 1.165) is 19.5 Å². The lowest BCUT2D eigenvalue weighted by molar-refractivity contribution is -0.699. The van der Waals surface area contributed by atoms with Gasteiger partial charge in [-0.2, -0.15) is 9.13 Å². The zero-order chi connectivity index (χ0) is 20.1. The van der Waals surface area contributed by atoms with Crippen LogP contribution in [0.4, 0.5) is 0 Å². The van der Waals surface area contributed by atoms with Gasteiger partial charge in [0.2, 0.25) is 11.4 Å². The highest BCUT2D eigenvalue weighted by atomic mass is 15.0. The quantitative estimate of drug-likeness (QED) is 0.432. The number of aromatic nitrogens is 2. The van der Waals surface area contributed by atoms with Crippen molar-refractivity contribution < 1.29 is 9.13 Å². The van der Waals surface area contributed by atoms with E-state index in [-0.39, 0.29) is 0 Å². The van der Waals surface area contributed by atoms with Gasteiger partial charge in [-0.25, -0.2) is 0 Å². The fraction of sp³-hybridized carbons (Fsp3) is 0.357. The van der Waals surface area contributed by atoms with Crippen LogP contribution in [0.15, 0.2) is 66.0 Å². The van der Waals surface area contributed by atoms with Crippen molar-refractivity contribution in [1.82, 2.24) is 0 Å². The Balaban J connectivity index is 1.53. The molecule has 1 aromatic carbocycles. The minimum absolute atomic E-state index is 1.09. The number of aryl methyl sites for hydroxylation is 3. The minimum atomic E-state index is 1.09. The number of hydrogen-bond acceptors (Lipinski definition) is 0. The molecule has 0 radical (unpaired) electrons. The maximum absolute atomic E-state index is 2.54. The number of benzene rings is 1. The minimum Gasteiger partial charge on any atom is -0.199 e. The first-order chi connectivity index (χ1) is 14.8. The molecule has 0 N–H and O–H groups in total. The topological polar surface area (TPSA) is 7.76 Å². The van der Waals surface area contributed by atoms with E-state index in [1.54, 1.807) is 22.3 Å². The molecule has 3 aliphatic rings. The van der Waals surface area contributed by atoms with Crippen molar-refractivity contribution >= 4 is 21.9 Å². The van der Waals surface area contributed by atoms with Crippen LogP contribution in [0, 0.1) is 6.92 Å². The molecule has 6 rings (SSSR count). The molecule has 0 spiro atoms. The first kappa shape index (κ1) is 18.1. The molecule has 2 heteroatoms. The van der Waals surface area contributed by atoms with E-state index in [2.05, 4.69) is 70.9 Å². The van der Waals surface area contributed by atoms with Crippen LogP contribution in [0.5, 0.6) is 0 Å². The summed E-state index contributed by atoms with van der Waals surface area (Å²) in [6.45, 7) is 4.50. The van der Waals surface area contributed by atoms with Gasteiger partial charge in [-0.1, -0.05) is 29.3 Å². The second kappa shape index (κ2) is 7.19. The average Bonchev–Trinajstić information content (AvgIpc) is 3.11. The number of hydrogen-bond donors (Lipinski definition) is 0. The third-order valence-corrected chi connectivity index (χ3v) is 7.39. The molecule has 3 aromatic rings. The van der Waals surface area contributed by atoms with Crippen molar-refractivity contribution in [3.05, 3.63) is 83.0 Å². The summed E-state index contributed by atoms with van der Waals surface area (Å²) in [7, 11) is 0. The molecule has 0 saturated carbocycles. The smallest absolute Gasteiger partial charge is 0.199 e. The van der Waals surface area contributed by atoms with Crippen LogP contribution in [0.3, 0.4) is 0 Å². The van der Waals surface area contributed by atoms with Crippen LogP contribution in [0.1, 0.15) is 61.9 Å². The molecule has 2 nitrogen and oxygen atoms in total. The van der Waals surface area contributed by atoms with E-state index in [1.807, 2.05) is 0 Å². The summed E-state index contributed by atoms with van der Waals surface area (Å²) in [6.07, 6.45) is 13.3. The fourth-order valence-electron chi connectivity index (χ4n) is 5.81. The van der Waals surface area contributed by atoms with Gasteiger partial charge in [0.1, 0.15) is 13.1 Å². The highest BCUT2D eigenvalue weighted by Gasteiger charge is 2.32. The van der Waals surface area contributed by atoms with Gasteiger partial charge in [-0.05, 0) is 49.6 Å². The Kier molecular flexibility index (Phi) is 4.33. The predicted molar refractivity (Wildman–Crippen MR) is 122 cm³/mol. The molecule has 30 heavy (non-hydrogen) atoms. The second-order valence-corrected chi connectivity index (χ2v) is 9.31. The lowest BCUT2D eigenvalue weighted by Crippen LogP contribution is -2.38. The van der Waals surface area contributed by atoms with Gasteiger partial charge in [-0.15, -0.1) is 0 Å². The summed E-state index contributed by atoms with van der Waals surface area (Å²) in [5, 5.41) is 2.72. The maximum Gasteiger partial charge on any atom is 0.209 e. The van der Waals surface area contributed by atoms with E-state index in [9.17, 15) is 0 Å². The first-order valence-electron chi connectivity index (χ1n) is 11.6. The van der Waals surface area contributed by atoms with Crippen LogP contribution in [-0.4, -0.2) is 0 Å². The number of fused-ring (bicyclic) bond motifs is 5. The van der Waals surface area contributed by atoms with Crippen LogP contribution < -0.4 is 9.13 Å². The van der Waals surface area contributed by atoms with Gasteiger partial charge in [-0.3, -0.25) is 0 Å². The number of rotatable bonds is 0. The molecule has 0 bridgehead atoms. The Labute approximate surface area is 179 Å². The first-order valence-corrected chi connectivity index (χ1v) is 11.6. The molecule has 2 aliphatic heterocycles. The summed E-state index contributed by atoms with van der Waals surface area (Å²) in [6, 6.07) is 16.0. The number of pyridine rings is 2. The summed E-state index contributed by atoms with van der Waals surface area (Å²) >= 11 is 0. The normalized spacial score (nSPS) is 18.7. The van der Waals surface area contributed by atoms with Crippen molar-refractivity contribution in [2.45, 2.75) is 65.0 Å². The summed E-state index contributed by atoms with van der Waals surface area (Å²) in [5.41, 5.74) is 10.9. The predicted octanol–water partition coefficient (Wildman–Crippen LogP) is 5.70. The molecular weight excluding hydrogens is 364 g/mol. The van der Waals surface area contributed by atoms with Crippen molar-refractivity contribution in [2.75, 3.05) is 0 Å². The van der Waals surface area contributed by atoms with Gasteiger partial charge >= 0.3 is 0 Å². The lowest BCUT2D eigenvalue weighted by atomic mass is 9.92. The molecule has 0 unspecified atom stereocenters. The Hall–Kier alpha value is -2.74. The van der Waals surface area contributed by atoms with Crippen LogP contribution >= 0.6 is 0 Å². The number of allylic oxidation sites excluding steroid dienone is 4. The molecule has 0 fully saturated rings. The molecular formula is C28H30N2+2. The van der Waals surface area contributed by atoms with Crippen LogP contribution in [0.25, 0.3) is 21.9 Å². The highest BCUT2D eigenvalue weighted by Crippen LogP contribution is 2.42. The molecule has 0 amide bonds. The zero-order valence-electron chi connectivity index (χ0n) is 18.0. The second-order valence-electron chi connectivity index (χ2n) is 9.31. The molecule has 1 aliphatic carbocycles. The van der Waals surface area contributed by atoms with Crippen LogP contribution in [-0.2, 0) is 13.1 Å². The van der Waals surface area contributed by atoms with Crippen molar-refractivity contribution in [3.63, 3.8) is 0 Å². The number of nitrogens with zero attached hydrogens (tertiary/aromatic N) is 2. The van der Waals surface area contributed by atoms with Gasteiger partial charge in [0.05, 0.1) is 0 Å². The van der Waals surface area contributed by atoms with Crippen molar-refractivity contribution in [3.8, 4) is 0 Å². The van der Waals surface area contributed by atoms with E-state index in [0.29, 0.717) is 0 Å². The lowest BCUT2D eigenvalue weighted by Gasteiger charge is -2.12. The Morgan fingerprint density at radius 2 is 1.37 bits per heavy atom. The van der Waals surface area contributed by atoms with Gasteiger partial charge in [0.15, 0.2) is 12.4 Å². The standard InChI is InChI=1S/C28H30N2/c1-20-12-15-29-13-4-8-21-10-11-22-9-5-14-30-19-24-7-3-2-6-23(24)17-28(30)26(22)18-25(21)27(29)16-20/h2-3,6-7,12,15-17,19H,4-5,8-11,13-14,18H2,1H3/q+2. The zero-order valence-corrected chi connectivity index (χ0v) is 18.0. The fourth-order valence-corrected chi connectivity index (χ4v) is 5.81. The van der Waals surface area contributed by atoms with E-state index >= 15 is 0 Å². The SMILES string of the molecule is Cc1cc[n+]2c(c1)C1=C(CCC2)CCC2=C(C1)c1cc3ccccc3c[n+]1CCC2. The summed E-state index contributed by atoms with van der Waals surface area (Å²) in [4.78, 5) is 0. The van der Waals surface area contributed by atoms with Crippen LogP contribution in [0.2, 0.25) is 0 Å². The Morgan fingerprint density at radius 3 is 2.13 bits per heavy atom. The van der Waals surface area contributed by atoms with Gasteiger partial charge in [0.25, 0.3) is 0 Å². The molecule has 2 aromatic heterocycles. The van der Waals surface area contributed by atoms with E-state index in [1.165, 1.54) is 66.2 Å². The monoisotopic (exact) mass is 394 g/mol.